The molecular formula is C47H74O17. The molecule has 0 bridgehead atoms. The molecule has 0 amide bonds. The lowest BCUT2D eigenvalue weighted by atomic mass is 9.33. The molecule has 8 rings (SSSR count). The molecule has 17 heteroatoms. The number of carbonyl (C=O) groups is 1. The molecule has 64 heavy (non-hydrogen) atoms. The summed E-state index contributed by atoms with van der Waals surface area (Å²) >= 11 is 0. The van der Waals surface area contributed by atoms with Gasteiger partial charge in [-0.25, -0.2) is 0 Å². The average molecular weight is 911 g/mol. The molecule has 364 valence electrons. The van der Waals surface area contributed by atoms with E-state index in [0.717, 1.165) is 37.7 Å². The van der Waals surface area contributed by atoms with Gasteiger partial charge < -0.3 is 79.5 Å². The van der Waals surface area contributed by atoms with Gasteiger partial charge in [0.2, 0.25) is 6.29 Å². The fourth-order valence-electron chi connectivity index (χ4n) is 14.5. The van der Waals surface area contributed by atoms with Crippen LogP contribution in [0.2, 0.25) is 0 Å². The van der Waals surface area contributed by atoms with Crippen molar-refractivity contribution in [3.8, 4) is 0 Å². The Balaban J connectivity index is 1.03. The molecule has 3 saturated heterocycles. The lowest BCUT2D eigenvalue weighted by Crippen LogP contribution is -2.66. The highest BCUT2D eigenvalue weighted by Gasteiger charge is 2.70. The van der Waals surface area contributed by atoms with Crippen molar-refractivity contribution >= 4 is 5.97 Å². The van der Waals surface area contributed by atoms with E-state index in [-0.39, 0.29) is 52.6 Å². The number of allylic oxidation sites excluding steroid dienone is 3. The van der Waals surface area contributed by atoms with Crippen LogP contribution in [0.5, 0.6) is 0 Å². The summed E-state index contributed by atoms with van der Waals surface area (Å²) in [6.45, 7) is 16.9. The van der Waals surface area contributed by atoms with Crippen molar-refractivity contribution in [2.45, 2.75) is 191 Å². The zero-order valence-electron chi connectivity index (χ0n) is 38.1. The smallest absolute Gasteiger partial charge is 0.315 e. The van der Waals surface area contributed by atoms with Crippen LogP contribution in [-0.4, -0.2) is 169 Å². The third-order valence-corrected chi connectivity index (χ3v) is 18.8. The van der Waals surface area contributed by atoms with Gasteiger partial charge in [-0.2, -0.15) is 0 Å². The highest BCUT2D eigenvalue weighted by atomic mass is 16.8. The second kappa shape index (κ2) is 17.4. The Hall–Kier alpha value is -1.65. The predicted molar refractivity (Wildman–Crippen MR) is 224 cm³/mol. The van der Waals surface area contributed by atoms with Crippen LogP contribution in [-0.2, 0) is 33.2 Å². The molecule has 0 radical (unpaired) electrons. The van der Waals surface area contributed by atoms with Crippen LogP contribution in [0, 0.1) is 50.7 Å². The quantitative estimate of drug-likeness (QED) is 0.0905. The molecule has 8 aliphatic rings. The minimum absolute atomic E-state index is 0.135. The first-order valence-electron chi connectivity index (χ1n) is 23.5. The van der Waals surface area contributed by atoms with Gasteiger partial charge in [0, 0.05) is 5.92 Å². The SMILES string of the molecule is C=C1[C@H]2C3=CC[C@@H]4[C@@]5(C)CC[C@H](O[C@@H]6OC[C@H](O)[C@H](O)[C@H]6O[C@@H]6O[C@H](CO)[C@@H](O)[C@H](O)[C@H]6O)C(C)(C)[C@@H]5CC[C@@]4(C)[C@]3(C)CC[C@@]2(C(=O)O[C@@H]2O[C@H](CO)[C@@H](O)[C@H](O)[C@H]2O)CC[C@@H]1C. The number of esters is 1. The van der Waals surface area contributed by atoms with Gasteiger partial charge in [0.15, 0.2) is 12.6 Å². The summed E-state index contributed by atoms with van der Waals surface area (Å²) in [6, 6.07) is 0. The molecule has 0 unspecified atom stereocenters. The molecule has 0 aromatic carbocycles. The van der Waals surface area contributed by atoms with Crippen LogP contribution in [0.1, 0.15) is 99.3 Å². The van der Waals surface area contributed by atoms with Crippen LogP contribution >= 0.6 is 0 Å². The summed E-state index contributed by atoms with van der Waals surface area (Å²) in [5, 5.41) is 105. The van der Waals surface area contributed by atoms with E-state index in [2.05, 4.69) is 54.2 Å². The van der Waals surface area contributed by atoms with E-state index in [1.165, 1.54) is 5.57 Å². The second-order valence-corrected chi connectivity index (χ2v) is 22.0. The monoisotopic (exact) mass is 910 g/mol. The number of aliphatic hydroxyl groups excluding tert-OH is 10. The Morgan fingerprint density at radius 2 is 1.34 bits per heavy atom. The lowest BCUT2D eigenvalue weighted by Gasteiger charge is -2.71. The Morgan fingerprint density at radius 3 is 1.98 bits per heavy atom. The topological polar surface area (TPSA) is 275 Å². The van der Waals surface area contributed by atoms with E-state index in [9.17, 15) is 55.9 Å². The number of fused-ring (bicyclic) bond motifs is 7. The first-order valence-corrected chi connectivity index (χ1v) is 23.5. The van der Waals surface area contributed by atoms with Gasteiger partial charge >= 0.3 is 5.97 Å². The van der Waals surface area contributed by atoms with Crippen molar-refractivity contribution in [2.75, 3.05) is 19.8 Å². The molecule has 17 nitrogen and oxygen atoms in total. The van der Waals surface area contributed by atoms with Crippen molar-refractivity contribution in [3.63, 3.8) is 0 Å². The van der Waals surface area contributed by atoms with Crippen molar-refractivity contribution < 1.29 is 84.3 Å². The average Bonchev–Trinajstić information content (AvgIpc) is 3.25. The van der Waals surface area contributed by atoms with E-state index in [1.807, 2.05) is 0 Å². The summed E-state index contributed by atoms with van der Waals surface area (Å²) < 4.78 is 36.0. The molecule has 0 aromatic heterocycles. The van der Waals surface area contributed by atoms with Crippen molar-refractivity contribution in [1.29, 1.82) is 0 Å². The molecule has 0 spiro atoms. The van der Waals surface area contributed by atoms with Crippen LogP contribution in [0.15, 0.2) is 23.8 Å². The first-order chi connectivity index (χ1) is 30.0. The van der Waals surface area contributed by atoms with Crippen molar-refractivity contribution in [2.24, 2.45) is 50.7 Å². The maximum absolute atomic E-state index is 14.7. The van der Waals surface area contributed by atoms with Gasteiger partial charge in [0.25, 0.3) is 0 Å². The van der Waals surface area contributed by atoms with Gasteiger partial charge in [0.05, 0.1) is 31.3 Å². The van der Waals surface area contributed by atoms with E-state index >= 15 is 0 Å². The molecule has 0 aromatic rings. The zero-order chi connectivity index (χ0) is 46.6. The fraction of sp³-hybridized carbons (Fsp3) is 0.894. The van der Waals surface area contributed by atoms with Crippen LogP contribution < -0.4 is 0 Å². The third kappa shape index (κ3) is 7.33. The Morgan fingerprint density at radius 1 is 0.719 bits per heavy atom. The van der Waals surface area contributed by atoms with Crippen molar-refractivity contribution in [3.05, 3.63) is 23.8 Å². The Labute approximate surface area is 375 Å². The van der Waals surface area contributed by atoms with E-state index in [4.69, 9.17) is 28.4 Å². The van der Waals surface area contributed by atoms with Crippen LogP contribution in [0.4, 0.5) is 0 Å². The third-order valence-electron chi connectivity index (χ3n) is 18.8. The molecular weight excluding hydrogens is 836 g/mol. The minimum Gasteiger partial charge on any atom is -0.432 e. The number of carbonyl (C=O) groups excluding carboxylic acids is 1. The maximum Gasteiger partial charge on any atom is 0.315 e. The van der Waals surface area contributed by atoms with Crippen LogP contribution in [0.25, 0.3) is 0 Å². The van der Waals surface area contributed by atoms with E-state index in [1.54, 1.807) is 0 Å². The maximum atomic E-state index is 14.7. The van der Waals surface area contributed by atoms with Gasteiger partial charge in [-0.1, -0.05) is 65.3 Å². The predicted octanol–water partition coefficient (Wildman–Crippen LogP) is 0.556. The number of ether oxygens (including phenoxy) is 6. The summed E-state index contributed by atoms with van der Waals surface area (Å²) in [6.07, 6.45) is -12.4. The number of rotatable bonds is 8. The zero-order valence-corrected chi connectivity index (χ0v) is 38.1. The lowest BCUT2D eigenvalue weighted by molar-refractivity contribution is -0.367. The molecule has 3 aliphatic heterocycles. The molecule has 3 heterocycles. The largest absolute Gasteiger partial charge is 0.432 e. The molecule has 7 fully saturated rings. The van der Waals surface area contributed by atoms with E-state index < -0.39 is 116 Å². The molecule has 23 atom stereocenters. The van der Waals surface area contributed by atoms with Crippen molar-refractivity contribution in [1.82, 2.24) is 0 Å². The van der Waals surface area contributed by atoms with Gasteiger partial charge in [-0.3, -0.25) is 4.79 Å². The first kappa shape index (κ1) is 48.8. The second-order valence-electron chi connectivity index (χ2n) is 22.0. The number of aliphatic hydroxyl groups is 10. The van der Waals surface area contributed by atoms with E-state index in [0.29, 0.717) is 25.7 Å². The highest BCUT2D eigenvalue weighted by molar-refractivity contribution is 5.80. The number of hydrogen-bond acceptors (Lipinski definition) is 17. The van der Waals surface area contributed by atoms with Gasteiger partial charge in [-0.05, 0) is 97.2 Å². The Kier molecular flexibility index (Phi) is 13.3. The summed E-state index contributed by atoms with van der Waals surface area (Å²) in [5.74, 6) is -0.249. The highest BCUT2D eigenvalue weighted by Crippen LogP contribution is 2.76. The minimum atomic E-state index is -1.73. The van der Waals surface area contributed by atoms with Gasteiger partial charge in [0.1, 0.15) is 67.1 Å². The van der Waals surface area contributed by atoms with Crippen LogP contribution in [0.3, 0.4) is 0 Å². The standard InChI is InChI=1S/C47H74O17/c1-21-10-15-47(42(58)64-40-37(57)35(55)33(53)26(19-49)61-40)17-16-45(6)23(30(47)22(21)2)8-9-28-44(5)13-12-29(43(3,4)27(44)11-14-46(28,45)7)62-41-38(31(51)24(50)20-59-41)63-39-36(56)34(54)32(52)25(18-48)60-39/h8,21,24-41,48-57H,2,9-20H2,1,3-7H3/t21-,24-,25+,26+,27-,28+,29-,30-,31-,32+,33+,34-,35-,36+,37+,38+,39-,40-,41-,44-,45+,46+,47-/m0/s1. The Bertz CT molecular complexity index is 1770. The molecule has 5 aliphatic carbocycles. The molecule has 10 N–H and O–H groups in total. The number of hydrogen-bond donors (Lipinski definition) is 10. The van der Waals surface area contributed by atoms with Gasteiger partial charge in [-0.15, -0.1) is 0 Å². The normalized spacial score (nSPS) is 53.8. The summed E-state index contributed by atoms with van der Waals surface area (Å²) in [4.78, 5) is 14.7. The summed E-state index contributed by atoms with van der Waals surface area (Å²) in [7, 11) is 0. The fourth-order valence-corrected chi connectivity index (χ4v) is 14.5. The molecule has 4 saturated carbocycles. The summed E-state index contributed by atoms with van der Waals surface area (Å²) in [5.41, 5.74) is 0.179.